The number of fused-ring (bicyclic) bond motifs is 2. The molecule has 1 aliphatic carbocycles. The highest BCUT2D eigenvalue weighted by Crippen LogP contribution is 2.46. The van der Waals surface area contributed by atoms with Gasteiger partial charge >= 0.3 is 0 Å². The second-order valence-electron chi connectivity index (χ2n) is 7.94. The van der Waals surface area contributed by atoms with Crippen molar-refractivity contribution in [3.8, 4) is 17.2 Å². The number of carbonyl (C=O) groups excluding carboxylic acids is 2. The van der Waals surface area contributed by atoms with Crippen molar-refractivity contribution in [1.82, 2.24) is 0 Å². The lowest BCUT2D eigenvalue weighted by Gasteiger charge is -2.31. The van der Waals surface area contributed by atoms with Crippen LogP contribution in [-0.2, 0) is 9.59 Å². The van der Waals surface area contributed by atoms with E-state index in [-0.39, 0.29) is 24.8 Å². The number of anilines is 2. The van der Waals surface area contributed by atoms with Gasteiger partial charge in [-0.05, 0) is 37.1 Å². The van der Waals surface area contributed by atoms with E-state index in [9.17, 15) is 9.59 Å². The Hall–Kier alpha value is -3.22. The van der Waals surface area contributed by atoms with Gasteiger partial charge in [-0.1, -0.05) is 18.6 Å². The summed E-state index contributed by atoms with van der Waals surface area (Å²) in [6, 6.07) is 12.8. The van der Waals surface area contributed by atoms with Crippen LogP contribution in [0.2, 0.25) is 0 Å². The van der Waals surface area contributed by atoms with E-state index < -0.39 is 5.79 Å². The van der Waals surface area contributed by atoms with Crippen molar-refractivity contribution in [2.75, 3.05) is 23.4 Å². The number of ether oxygens (including phenoxy) is 3. The maximum Gasteiger partial charge on any atom is 0.265 e. The lowest BCUT2D eigenvalue weighted by Crippen LogP contribution is -2.40. The van der Waals surface area contributed by atoms with Crippen molar-refractivity contribution in [2.45, 2.75) is 44.3 Å². The zero-order chi connectivity index (χ0) is 20.6. The summed E-state index contributed by atoms with van der Waals surface area (Å²) >= 11 is 0. The molecule has 0 saturated heterocycles. The molecule has 0 bridgehead atoms. The maximum atomic E-state index is 12.5. The fourth-order valence-corrected chi connectivity index (χ4v) is 4.30. The number of hydrogen-bond donors (Lipinski definition) is 1. The van der Waals surface area contributed by atoms with Gasteiger partial charge in [-0.3, -0.25) is 9.59 Å². The van der Waals surface area contributed by atoms with Crippen LogP contribution in [0.15, 0.2) is 42.5 Å². The van der Waals surface area contributed by atoms with Crippen LogP contribution < -0.4 is 24.4 Å². The van der Waals surface area contributed by atoms with Gasteiger partial charge in [0.15, 0.2) is 18.1 Å². The van der Waals surface area contributed by atoms with Crippen LogP contribution in [0, 0.1) is 0 Å². The number of nitrogens with one attached hydrogen (secondary N) is 1. The molecule has 1 saturated carbocycles. The molecule has 7 nitrogen and oxygen atoms in total. The van der Waals surface area contributed by atoms with Gasteiger partial charge in [0.2, 0.25) is 5.91 Å². The van der Waals surface area contributed by atoms with Crippen LogP contribution in [0.4, 0.5) is 11.4 Å². The largest absolute Gasteiger partial charge is 0.482 e. The zero-order valence-electron chi connectivity index (χ0n) is 16.7. The molecule has 1 fully saturated rings. The second kappa shape index (κ2) is 7.55. The van der Waals surface area contributed by atoms with E-state index in [1.54, 1.807) is 4.90 Å². The molecule has 5 rings (SSSR count). The third-order valence-electron chi connectivity index (χ3n) is 5.81. The molecule has 2 aliphatic heterocycles. The van der Waals surface area contributed by atoms with Crippen LogP contribution in [0.5, 0.6) is 17.2 Å². The molecule has 30 heavy (non-hydrogen) atoms. The van der Waals surface area contributed by atoms with E-state index in [4.69, 9.17) is 14.2 Å². The van der Waals surface area contributed by atoms with Gasteiger partial charge in [0.1, 0.15) is 5.75 Å². The fraction of sp³-hybridized carbons (Fsp3) is 0.391. The van der Waals surface area contributed by atoms with Crippen molar-refractivity contribution in [3.63, 3.8) is 0 Å². The summed E-state index contributed by atoms with van der Waals surface area (Å²) in [4.78, 5) is 26.4. The summed E-state index contributed by atoms with van der Waals surface area (Å²) in [5, 5.41) is 2.90. The number of rotatable bonds is 4. The molecule has 2 heterocycles. The summed E-state index contributed by atoms with van der Waals surface area (Å²) in [5.41, 5.74) is 1.35. The number of para-hydroxylation sites is 2. The third-order valence-corrected chi connectivity index (χ3v) is 5.81. The van der Waals surface area contributed by atoms with Crippen molar-refractivity contribution in [2.24, 2.45) is 0 Å². The zero-order valence-corrected chi connectivity index (χ0v) is 16.7. The molecule has 3 aliphatic rings. The fourth-order valence-electron chi connectivity index (χ4n) is 4.30. The van der Waals surface area contributed by atoms with Gasteiger partial charge in [0.05, 0.1) is 5.69 Å². The molecule has 0 unspecified atom stereocenters. The van der Waals surface area contributed by atoms with E-state index in [1.165, 1.54) is 6.42 Å². The van der Waals surface area contributed by atoms with Gasteiger partial charge < -0.3 is 24.4 Å². The first-order chi connectivity index (χ1) is 14.6. The molecular formula is C23H24N2O5. The molecule has 0 radical (unpaired) electrons. The number of benzene rings is 2. The predicted molar refractivity (Wildman–Crippen MR) is 111 cm³/mol. The van der Waals surface area contributed by atoms with Crippen molar-refractivity contribution < 1.29 is 23.8 Å². The first-order valence-corrected chi connectivity index (χ1v) is 10.5. The van der Waals surface area contributed by atoms with E-state index in [0.29, 0.717) is 29.4 Å². The molecule has 7 heteroatoms. The molecule has 0 aromatic heterocycles. The monoisotopic (exact) mass is 408 g/mol. The smallest absolute Gasteiger partial charge is 0.265 e. The molecular weight excluding hydrogens is 384 g/mol. The average Bonchev–Trinajstić information content (AvgIpc) is 3.10. The minimum absolute atomic E-state index is 0.0114. The average molecular weight is 408 g/mol. The Kier molecular flexibility index (Phi) is 4.73. The number of nitrogens with zero attached hydrogens (tertiary/aromatic N) is 1. The van der Waals surface area contributed by atoms with Gasteiger partial charge in [0.25, 0.3) is 11.7 Å². The summed E-state index contributed by atoms with van der Waals surface area (Å²) < 4.78 is 17.6. The molecule has 1 N–H and O–H groups in total. The van der Waals surface area contributed by atoms with Gasteiger partial charge in [-0.25, -0.2) is 0 Å². The summed E-state index contributed by atoms with van der Waals surface area (Å²) in [6.07, 6.45) is 5.36. The van der Waals surface area contributed by atoms with Crippen LogP contribution in [0.1, 0.15) is 38.5 Å². The summed E-state index contributed by atoms with van der Waals surface area (Å²) in [5.74, 6) is 1.20. The topological polar surface area (TPSA) is 77.1 Å². The van der Waals surface area contributed by atoms with Gasteiger partial charge in [-0.15, -0.1) is 0 Å². The van der Waals surface area contributed by atoms with E-state index in [0.717, 1.165) is 31.4 Å². The minimum Gasteiger partial charge on any atom is -0.482 e. The number of amides is 2. The third kappa shape index (κ3) is 3.56. The van der Waals surface area contributed by atoms with Crippen LogP contribution in [0.3, 0.4) is 0 Å². The number of hydrogen-bond acceptors (Lipinski definition) is 5. The number of carbonyl (C=O) groups is 2. The Balaban J connectivity index is 1.21. The highest BCUT2D eigenvalue weighted by Gasteiger charge is 2.42. The van der Waals surface area contributed by atoms with E-state index in [2.05, 4.69) is 5.32 Å². The highest BCUT2D eigenvalue weighted by atomic mass is 16.7. The Labute approximate surface area is 174 Å². The van der Waals surface area contributed by atoms with Crippen LogP contribution in [-0.4, -0.2) is 30.8 Å². The quantitative estimate of drug-likeness (QED) is 0.831. The first-order valence-electron chi connectivity index (χ1n) is 10.5. The lowest BCUT2D eigenvalue weighted by molar-refractivity contribution is -0.121. The minimum atomic E-state index is -0.534. The molecule has 2 amide bonds. The molecule has 2 aromatic rings. The van der Waals surface area contributed by atoms with Crippen molar-refractivity contribution in [3.05, 3.63) is 42.5 Å². The normalized spacial score (nSPS) is 18.7. The summed E-state index contributed by atoms with van der Waals surface area (Å²) in [7, 11) is 0. The lowest BCUT2D eigenvalue weighted by atomic mass is 9.94. The van der Waals surface area contributed by atoms with Gasteiger partial charge in [-0.2, -0.15) is 0 Å². The molecule has 0 atom stereocenters. The Morgan fingerprint density at radius 3 is 2.67 bits per heavy atom. The second-order valence-corrected chi connectivity index (χ2v) is 7.94. The molecule has 156 valence electrons. The first kappa shape index (κ1) is 18.8. The molecule has 2 aromatic carbocycles. The molecule has 1 spiro atoms. The Morgan fingerprint density at radius 1 is 1.00 bits per heavy atom. The SMILES string of the molecule is O=C(CCN1C(=O)COc2ccccc21)Nc1ccc2c(c1)OC1(CCCCC1)O2. The van der Waals surface area contributed by atoms with E-state index >= 15 is 0 Å². The van der Waals surface area contributed by atoms with Gasteiger partial charge in [0, 0.05) is 37.6 Å². The summed E-state index contributed by atoms with van der Waals surface area (Å²) in [6.45, 7) is 0.279. The van der Waals surface area contributed by atoms with Crippen LogP contribution >= 0.6 is 0 Å². The Bertz CT molecular complexity index is 983. The van der Waals surface area contributed by atoms with E-state index in [1.807, 2.05) is 42.5 Å². The van der Waals surface area contributed by atoms with Crippen molar-refractivity contribution >= 4 is 23.2 Å². The van der Waals surface area contributed by atoms with Crippen molar-refractivity contribution in [1.29, 1.82) is 0 Å². The predicted octanol–water partition coefficient (Wildman–Crippen LogP) is 3.87. The standard InChI is InChI=1S/C23H24N2O5/c26-21(10-13-25-17-6-2-3-7-18(17)28-15-22(25)27)24-16-8-9-19-20(14-16)30-23(29-19)11-4-1-5-12-23/h2-3,6-9,14H,1,4-5,10-13,15H2,(H,24,26). The maximum absolute atomic E-state index is 12.5. The highest BCUT2D eigenvalue weighted by molar-refractivity contribution is 5.99. The Morgan fingerprint density at radius 2 is 1.80 bits per heavy atom. The van der Waals surface area contributed by atoms with Crippen LogP contribution in [0.25, 0.3) is 0 Å².